The minimum absolute atomic E-state index is 0.261. The van der Waals surface area contributed by atoms with Gasteiger partial charge in [-0.1, -0.05) is 18.2 Å². The summed E-state index contributed by atoms with van der Waals surface area (Å²) in [6.07, 6.45) is 0. The zero-order chi connectivity index (χ0) is 19.6. The first-order valence-electron chi connectivity index (χ1n) is 8.85. The van der Waals surface area contributed by atoms with E-state index in [1.807, 2.05) is 36.9 Å². The number of aryl methyl sites for hydroxylation is 2. The molecule has 0 saturated carbocycles. The summed E-state index contributed by atoms with van der Waals surface area (Å²) >= 11 is 0. The van der Waals surface area contributed by atoms with Crippen LogP contribution in [0.15, 0.2) is 23.0 Å². The van der Waals surface area contributed by atoms with Gasteiger partial charge in [0, 0.05) is 26.7 Å². The molecule has 1 saturated heterocycles. The van der Waals surface area contributed by atoms with Gasteiger partial charge in [-0.05, 0) is 30.5 Å². The number of rotatable bonds is 4. The van der Waals surface area contributed by atoms with Gasteiger partial charge in [0.05, 0.1) is 13.2 Å². The van der Waals surface area contributed by atoms with Crippen LogP contribution < -0.4 is 15.8 Å². The fourth-order valence-electron chi connectivity index (χ4n) is 2.96. The Kier molecular flexibility index (Phi) is 5.46. The summed E-state index contributed by atoms with van der Waals surface area (Å²) in [7, 11) is 1.52. The van der Waals surface area contributed by atoms with Gasteiger partial charge in [-0.15, -0.1) is 0 Å². The zero-order valence-electron chi connectivity index (χ0n) is 15.8. The third-order valence-corrected chi connectivity index (χ3v) is 4.78. The molecule has 3 rings (SSSR count). The van der Waals surface area contributed by atoms with Gasteiger partial charge in [0.25, 0.3) is 11.5 Å². The van der Waals surface area contributed by atoms with Crippen molar-refractivity contribution in [1.29, 1.82) is 0 Å². The highest BCUT2D eigenvalue weighted by atomic mass is 16.5. The van der Waals surface area contributed by atoms with E-state index in [1.54, 1.807) is 0 Å². The van der Waals surface area contributed by atoms with E-state index in [-0.39, 0.29) is 12.2 Å². The highest BCUT2D eigenvalue weighted by Crippen LogP contribution is 2.17. The normalized spacial score (nSPS) is 14.3. The van der Waals surface area contributed by atoms with Crippen LogP contribution in [0.25, 0.3) is 0 Å². The molecule has 0 spiro atoms. The summed E-state index contributed by atoms with van der Waals surface area (Å²) in [4.78, 5) is 31.0. The number of carbonyl (C=O) groups is 1. The number of carbonyl (C=O) groups excluding carboxylic acids is 1. The third kappa shape index (κ3) is 3.95. The Morgan fingerprint density at radius 3 is 2.63 bits per heavy atom. The van der Waals surface area contributed by atoms with E-state index >= 15 is 0 Å². The average Bonchev–Trinajstić information content (AvgIpc) is 2.68. The van der Waals surface area contributed by atoms with Crippen molar-refractivity contribution >= 4 is 11.9 Å². The smallest absolute Gasteiger partial charge is 0.297 e. The first-order valence-corrected chi connectivity index (χ1v) is 8.85. The van der Waals surface area contributed by atoms with Crippen LogP contribution in [-0.2, 0) is 18.3 Å². The van der Waals surface area contributed by atoms with Crippen LogP contribution in [0.5, 0.6) is 5.75 Å². The Hall–Kier alpha value is -2.87. The maximum atomic E-state index is 12.6. The maximum absolute atomic E-state index is 12.6. The molecule has 27 heavy (non-hydrogen) atoms. The van der Waals surface area contributed by atoms with Gasteiger partial charge < -0.3 is 20.1 Å². The Labute approximate surface area is 157 Å². The third-order valence-electron chi connectivity index (χ3n) is 4.78. The standard InChI is InChI=1S/C19H24N4O4/c1-12-4-5-14(10-13(12)2)11-20-17(25)15-16(24)18(26)22(3)19(21-15)23-6-8-27-9-7-23/h4-5,10,24H,6-9,11H2,1-3H3,(H,20,25). The van der Waals surface area contributed by atoms with Gasteiger partial charge >= 0.3 is 0 Å². The second-order valence-corrected chi connectivity index (χ2v) is 6.67. The fourth-order valence-corrected chi connectivity index (χ4v) is 2.96. The van der Waals surface area contributed by atoms with Crippen molar-refractivity contribution in [1.82, 2.24) is 14.9 Å². The number of aromatic nitrogens is 2. The van der Waals surface area contributed by atoms with Crippen molar-refractivity contribution < 1.29 is 14.6 Å². The van der Waals surface area contributed by atoms with Crippen molar-refractivity contribution in [2.45, 2.75) is 20.4 Å². The number of hydrogen-bond acceptors (Lipinski definition) is 6. The summed E-state index contributed by atoms with van der Waals surface area (Å²) in [5.41, 5.74) is 2.33. The topological polar surface area (TPSA) is 96.7 Å². The monoisotopic (exact) mass is 372 g/mol. The van der Waals surface area contributed by atoms with Crippen molar-refractivity contribution in [3.8, 4) is 5.75 Å². The summed E-state index contributed by atoms with van der Waals surface area (Å²) < 4.78 is 6.56. The second kappa shape index (κ2) is 7.79. The SMILES string of the molecule is Cc1ccc(CNC(=O)c2nc(N3CCOCC3)n(C)c(=O)c2O)cc1C. The molecule has 1 aliphatic rings. The van der Waals surface area contributed by atoms with E-state index < -0.39 is 17.2 Å². The molecule has 8 heteroatoms. The molecule has 0 unspecified atom stereocenters. The van der Waals surface area contributed by atoms with Gasteiger partial charge in [0.1, 0.15) is 0 Å². The number of benzene rings is 1. The first kappa shape index (κ1) is 18.9. The predicted octanol–water partition coefficient (Wildman–Crippen LogP) is 0.869. The maximum Gasteiger partial charge on any atom is 0.297 e. The molecule has 0 bridgehead atoms. The Morgan fingerprint density at radius 2 is 1.96 bits per heavy atom. The van der Waals surface area contributed by atoms with Gasteiger partial charge in [-0.2, -0.15) is 0 Å². The lowest BCUT2D eigenvalue weighted by atomic mass is 10.1. The Balaban J connectivity index is 1.83. The predicted molar refractivity (Wildman–Crippen MR) is 101 cm³/mol. The van der Waals surface area contributed by atoms with Crippen molar-refractivity contribution in [3.63, 3.8) is 0 Å². The number of nitrogens with zero attached hydrogens (tertiary/aromatic N) is 3. The van der Waals surface area contributed by atoms with Gasteiger partial charge in [0.2, 0.25) is 11.7 Å². The van der Waals surface area contributed by atoms with Crippen LogP contribution in [0.2, 0.25) is 0 Å². The highest BCUT2D eigenvalue weighted by molar-refractivity contribution is 5.95. The minimum Gasteiger partial charge on any atom is -0.501 e. The van der Waals surface area contributed by atoms with Crippen molar-refractivity contribution in [2.75, 3.05) is 31.2 Å². The van der Waals surface area contributed by atoms with E-state index in [1.165, 1.54) is 17.2 Å². The van der Waals surface area contributed by atoms with E-state index in [2.05, 4.69) is 10.3 Å². The molecule has 8 nitrogen and oxygen atoms in total. The molecule has 144 valence electrons. The molecule has 0 aliphatic carbocycles. The minimum atomic E-state index is -0.650. The average molecular weight is 372 g/mol. The van der Waals surface area contributed by atoms with Crippen LogP contribution in [0.4, 0.5) is 5.95 Å². The molecule has 2 heterocycles. The Bertz CT molecular complexity index is 917. The summed E-state index contributed by atoms with van der Waals surface area (Å²) in [5.74, 6) is -0.887. The lowest BCUT2D eigenvalue weighted by Crippen LogP contribution is -2.41. The van der Waals surface area contributed by atoms with Crippen molar-refractivity contribution in [2.24, 2.45) is 7.05 Å². The lowest BCUT2D eigenvalue weighted by molar-refractivity contribution is 0.0942. The van der Waals surface area contributed by atoms with Crippen LogP contribution in [-0.4, -0.2) is 46.9 Å². The number of amides is 1. The van der Waals surface area contributed by atoms with Crippen LogP contribution >= 0.6 is 0 Å². The molecular formula is C19H24N4O4. The van der Waals surface area contributed by atoms with E-state index in [0.29, 0.717) is 32.3 Å². The summed E-state index contributed by atoms with van der Waals surface area (Å²) in [5, 5.41) is 12.9. The van der Waals surface area contributed by atoms with Crippen LogP contribution in [0.1, 0.15) is 27.2 Å². The number of nitrogens with one attached hydrogen (secondary N) is 1. The Morgan fingerprint density at radius 1 is 1.26 bits per heavy atom. The first-order chi connectivity index (χ1) is 12.9. The molecule has 1 aromatic carbocycles. The fraction of sp³-hybridized carbons (Fsp3) is 0.421. The van der Waals surface area contributed by atoms with E-state index in [0.717, 1.165) is 11.1 Å². The molecular weight excluding hydrogens is 348 g/mol. The molecule has 1 aliphatic heterocycles. The number of morpholine rings is 1. The van der Waals surface area contributed by atoms with Gasteiger partial charge in [-0.25, -0.2) is 4.98 Å². The van der Waals surface area contributed by atoms with E-state index in [9.17, 15) is 14.7 Å². The summed E-state index contributed by atoms with van der Waals surface area (Å²) in [6.45, 7) is 6.47. The number of aromatic hydroxyl groups is 1. The molecule has 0 atom stereocenters. The van der Waals surface area contributed by atoms with Crippen LogP contribution in [0, 0.1) is 13.8 Å². The van der Waals surface area contributed by atoms with Crippen LogP contribution in [0.3, 0.4) is 0 Å². The molecule has 2 aromatic rings. The zero-order valence-corrected chi connectivity index (χ0v) is 15.8. The highest BCUT2D eigenvalue weighted by Gasteiger charge is 2.23. The molecule has 2 N–H and O–H groups in total. The molecule has 1 aromatic heterocycles. The van der Waals surface area contributed by atoms with Crippen molar-refractivity contribution in [3.05, 3.63) is 50.9 Å². The number of hydrogen-bond donors (Lipinski definition) is 2. The number of ether oxygens (including phenoxy) is 1. The summed E-state index contributed by atoms with van der Waals surface area (Å²) in [6, 6.07) is 5.91. The second-order valence-electron chi connectivity index (χ2n) is 6.67. The van der Waals surface area contributed by atoms with Gasteiger partial charge in [-0.3, -0.25) is 14.2 Å². The lowest BCUT2D eigenvalue weighted by Gasteiger charge is -2.29. The molecule has 0 radical (unpaired) electrons. The number of anilines is 1. The van der Waals surface area contributed by atoms with E-state index in [4.69, 9.17) is 4.74 Å². The quantitative estimate of drug-likeness (QED) is 0.827. The molecule has 1 amide bonds. The van der Waals surface area contributed by atoms with Gasteiger partial charge in [0.15, 0.2) is 5.69 Å². The molecule has 1 fully saturated rings. The largest absolute Gasteiger partial charge is 0.501 e.